The first kappa shape index (κ1) is 11.1. The van der Waals surface area contributed by atoms with Crippen molar-refractivity contribution in [3.63, 3.8) is 0 Å². The first-order valence-corrected chi connectivity index (χ1v) is 5.63. The normalized spacial score (nSPS) is 10.7. The number of rotatable bonds is 7. The second kappa shape index (κ2) is 6.51. The standard InChI is InChI=1S/C10H20N4/c1-3-5-6-7-8-10-11-12-13-14(10)9-4-2/h3-9H2,1-2H3. The summed E-state index contributed by atoms with van der Waals surface area (Å²) in [5.74, 6) is 1.04. The Morgan fingerprint density at radius 2 is 1.93 bits per heavy atom. The van der Waals surface area contributed by atoms with Crippen LogP contribution in [0.15, 0.2) is 0 Å². The second-order valence-corrected chi connectivity index (χ2v) is 3.63. The van der Waals surface area contributed by atoms with Crippen molar-refractivity contribution in [3.8, 4) is 0 Å². The average Bonchev–Trinajstić information content (AvgIpc) is 2.61. The Bertz CT molecular complexity index is 244. The summed E-state index contributed by atoms with van der Waals surface area (Å²) in [7, 11) is 0. The van der Waals surface area contributed by atoms with E-state index in [1.807, 2.05) is 4.68 Å². The number of tetrazole rings is 1. The molecule has 0 aromatic carbocycles. The van der Waals surface area contributed by atoms with Crippen molar-refractivity contribution in [2.45, 2.75) is 58.9 Å². The van der Waals surface area contributed by atoms with Crippen LogP contribution in [-0.4, -0.2) is 20.2 Å². The van der Waals surface area contributed by atoms with E-state index >= 15 is 0 Å². The van der Waals surface area contributed by atoms with Gasteiger partial charge in [-0.1, -0.05) is 33.1 Å². The molecule has 0 spiro atoms. The van der Waals surface area contributed by atoms with Gasteiger partial charge in [0.05, 0.1) is 0 Å². The summed E-state index contributed by atoms with van der Waals surface area (Å²) in [5, 5.41) is 11.7. The molecule has 0 aliphatic carbocycles. The first-order chi connectivity index (χ1) is 6.88. The number of aryl methyl sites for hydroxylation is 2. The number of unbranched alkanes of at least 4 members (excludes halogenated alkanes) is 3. The summed E-state index contributed by atoms with van der Waals surface area (Å²) in [6.07, 6.45) is 7.20. The summed E-state index contributed by atoms with van der Waals surface area (Å²) in [6.45, 7) is 5.31. The fourth-order valence-electron chi connectivity index (χ4n) is 1.50. The molecule has 1 rings (SSSR count). The van der Waals surface area contributed by atoms with Crippen molar-refractivity contribution < 1.29 is 0 Å². The van der Waals surface area contributed by atoms with Crippen LogP contribution in [0, 0.1) is 0 Å². The minimum Gasteiger partial charge on any atom is -0.230 e. The van der Waals surface area contributed by atoms with Crippen LogP contribution in [0.4, 0.5) is 0 Å². The fourth-order valence-corrected chi connectivity index (χ4v) is 1.50. The molecule has 14 heavy (non-hydrogen) atoms. The van der Waals surface area contributed by atoms with Gasteiger partial charge in [0.25, 0.3) is 0 Å². The van der Waals surface area contributed by atoms with Gasteiger partial charge < -0.3 is 0 Å². The van der Waals surface area contributed by atoms with Gasteiger partial charge in [-0.3, -0.25) is 0 Å². The summed E-state index contributed by atoms with van der Waals surface area (Å²) >= 11 is 0. The van der Waals surface area contributed by atoms with Crippen LogP contribution in [0.1, 0.15) is 51.8 Å². The zero-order chi connectivity index (χ0) is 10.2. The van der Waals surface area contributed by atoms with E-state index in [0.29, 0.717) is 0 Å². The predicted octanol–water partition coefficient (Wildman–Crippen LogP) is 2.21. The third kappa shape index (κ3) is 3.44. The zero-order valence-electron chi connectivity index (χ0n) is 9.24. The summed E-state index contributed by atoms with van der Waals surface area (Å²) in [4.78, 5) is 0. The van der Waals surface area contributed by atoms with Gasteiger partial charge in [0, 0.05) is 13.0 Å². The Labute approximate surface area is 85.7 Å². The lowest BCUT2D eigenvalue weighted by atomic mass is 10.1. The van der Waals surface area contributed by atoms with Crippen molar-refractivity contribution in [1.29, 1.82) is 0 Å². The lowest BCUT2D eigenvalue weighted by Gasteiger charge is -2.01. The van der Waals surface area contributed by atoms with Gasteiger partial charge in [0.1, 0.15) is 0 Å². The molecule has 0 bridgehead atoms. The number of hydrogen-bond donors (Lipinski definition) is 0. The van der Waals surface area contributed by atoms with Crippen LogP contribution < -0.4 is 0 Å². The molecule has 1 aromatic rings. The highest BCUT2D eigenvalue weighted by Crippen LogP contribution is 2.04. The lowest BCUT2D eigenvalue weighted by Crippen LogP contribution is -2.05. The van der Waals surface area contributed by atoms with Gasteiger partial charge in [-0.25, -0.2) is 4.68 Å². The largest absolute Gasteiger partial charge is 0.230 e. The van der Waals surface area contributed by atoms with Crippen LogP contribution in [0.2, 0.25) is 0 Å². The average molecular weight is 196 g/mol. The molecule has 0 amide bonds. The maximum Gasteiger partial charge on any atom is 0.151 e. The smallest absolute Gasteiger partial charge is 0.151 e. The third-order valence-corrected chi connectivity index (χ3v) is 2.30. The molecule has 0 atom stereocenters. The minimum atomic E-state index is 0.941. The fraction of sp³-hybridized carbons (Fsp3) is 0.900. The molecular weight excluding hydrogens is 176 g/mol. The van der Waals surface area contributed by atoms with Crippen molar-refractivity contribution in [1.82, 2.24) is 20.2 Å². The SMILES string of the molecule is CCCCCCc1nnnn1CCC. The quantitative estimate of drug-likeness (QED) is 0.628. The van der Waals surface area contributed by atoms with Gasteiger partial charge in [0.15, 0.2) is 5.82 Å². The van der Waals surface area contributed by atoms with Crippen molar-refractivity contribution in [2.24, 2.45) is 0 Å². The molecule has 4 heteroatoms. The van der Waals surface area contributed by atoms with E-state index in [-0.39, 0.29) is 0 Å². The molecule has 0 N–H and O–H groups in total. The molecule has 0 saturated heterocycles. The third-order valence-electron chi connectivity index (χ3n) is 2.30. The Balaban J connectivity index is 2.30. The highest BCUT2D eigenvalue weighted by molar-refractivity contribution is 4.80. The molecule has 1 aromatic heterocycles. The predicted molar refractivity (Wildman–Crippen MR) is 56.0 cm³/mol. The molecule has 4 nitrogen and oxygen atoms in total. The van der Waals surface area contributed by atoms with E-state index in [1.165, 1.54) is 25.7 Å². The molecule has 0 aliphatic rings. The molecule has 0 radical (unpaired) electrons. The maximum absolute atomic E-state index is 4.03. The van der Waals surface area contributed by atoms with Crippen molar-refractivity contribution in [2.75, 3.05) is 0 Å². The van der Waals surface area contributed by atoms with Crippen LogP contribution in [-0.2, 0) is 13.0 Å². The zero-order valence-corrected chi connectivity index (χ0v) is 9.24. The summed E-state index contributed by atoms with van der Waals surface area (Å²) < 4.78 is 1.92. The maximum atomic E-state index is 4.03. The van der Waals surface area contributed by atoms with Gasteiger partial charge >= 0.3 is 0 Å². The van der Waals surface area contributed by atoms with E-state index < -0.39 is 0 Å². The number of nitrogens with zero attached hydrogens (tertiary/aromatic N) is 4. The molecule has 80 valence electrons. The second-order valence-electron chi connectivity index (χ2n) is 3.63. The van der Waals surface area contributed by atoms with Gasteiger partial charge in [-0.15, -0.1) is 5.10 Å². The van der Waals surface area contributed by atoms with Crippen LogP contribution >= 0.6 is 0 Å². The highest BCUT2D eigenvalue weighted by atomic mass is 15.5. The van der Waals surface area contributed by atoms with Gasteiger partial charge in [-0.2, -0.15) is 0 Å². The monoisotopic (exact) mass is 196 g/mol. The highest BCUT2D eigenvalue weighted by Gasteiger charge is 2.03. The van der Waals surface area contributed by atoms with Gasteiger partial charge in [0.2, 0.25) is 0 Å². The van der Waals surface area contributed by atoms with Crippen LogP contribution in [0.3, 0.4) is 0 Å². The summed E-state index contributed by atoms with van der Waals surface area (Å²) in [6, 6.07) is 0. The van der Waals surface area contributed by atoms with E-state index in [4.69, 9.17) is 0 Å². The number of aromatic nitrogens is 4. The summed E-state index contributed by atoms with van der Waals surface area (Å²) in [5.41, 5.74) is 0. The number of hydrogen-bond acceptors (Lipinski definition) is 3. The van der Waals surface area contributed by atoms with Crippen LogP contribution in [0.25, 0.3) is 0 Å². The molecule has 0 aliphatic heterocycles. The van der Waals surface area contributed by atoms with E-state index in [9.17, 15) is 0 Å². The lowest BCUT2D eigenvalue weighted by molar-refractivity contribution is 0.542. The van der Waals surface area contributed by atoms with E-state index in [0.717, 1.165) is 25.2 Å². The van der Waals surface area contributed by atoms with E-state index in [2.05, 4.69) is 29.4 Å². The molecule has 1 heterocycles. The topological polar surface area (TPSA) is 43.6 Å². The molecule has 0 fully saturated rings. The Morgan fingerprint density at radius 1 is 1.07 bits per heavy atom. The Morgan fingerprint density at radius 3 is 2.64 bits per heavy atom. The Hall–Kier alpha value is -0.930. The van der Waals surface area contributed by atoms with Crippen LogP contribution in [0.5, 0.6) is 0 Å². The minimum absolute atomic E-state index is 0.941. The van der Waals surface area contributed by atoms with Gasteiger partial charge in [-0.05, 0) is 23.3 Å². The Kier molecular flexibility index (Phi) is 5.19. The van der Waals surface area contributed by atoms with E-state index in [1.54, 1.807) is 0 Å². The molecule has 0 unspecified atom stereocenters. The molecule has 0 saturated carbocycles. The molecular formula is C10H20N4. The van der Waals surface area contributed by atoms with Crippen molar-refractivity contribution in [3.05, 3.63) is 5.82 Å². The first-order valence-electron chi connectivity index (χ1n) is 5.63. The van der Waals surface area contributed by atoms with Crippen molar-refractivity contribution >= 4 is 0 Å².